The fourth-order valence-electron chi connectivity index (χ4n) is 10.3. The summed E-state index contributed by atoms with van der Waals surface area (Å²) in [5.41, 5.74) is 0.770. The number of ketones is 1. The van der Waals surface area contributed by atoms with Crippen molar-refractivity contribution >= 4 is 5.78 Å². The lowest BCUT2D eigenvalue weighted by Crippen LogP contribution is -2.59. The lowest BCUT2D eigenvalue weighted by atomic mass is 9.46. The molecule has 0 spiro atoms. The molecule has 2 heterocycles. The minimum atomic E-state index is -1.49. The molecule has 4 aliphatic carbocycles. The second-order valence-corrected chi connectivity index (χ2v) is 15.3. The number of aliphatic hydroxyl groups is 6. The van der Waals surface area contributed by atoms with Crippen LogP contribution in [0.4, 0.5) is 0 Å². The van der Waals surface area contributed by atoms with E-state index in [2.05, 4.69) is 19.9 Å². The molecule has 6 aliphatic rings. The van der Waals surface area contributed by atoms with Crippen molar-refractivity contribution in [3.05, 3.63) is 11.6 Å². The molecular weight excluding hydrogens is 556 g/mol. The molecule has 2 aliphatic heterocycles. The highest BCUT2D eigenvalue weighted by Gasteiger charge is 2.70. The number of fused-ring (bicyclic) bond motifs is 7. The predicted molar refractivity (Wildman–Crippen MR) is 154 cm³/mol. The van der Waals surface area contributed by atoms with Gasteiger partial charge in [-0.15, -0.1) is 0 Å². The number of hydrogen-bond donors (Lipinski definition) is 6. The average molecular weight is 609 g/mol. The molecule has 0 aromatic heterocycles. The number of hydrogen-bond acceptors (Lipinski definition) is 10. The van der Waals surface area contributed by atoms with Crippen molar-refractivity contribution in [1.82, 2.24) is 0 Å². The van der Waals surface area contributed by atoms with Crippen molar-refractivity contribution in [3.8, 4) is 0 Å². The van der Waals surface area contributed by atoms with Gasteiger partial charge < -0.3 is 44.8 Å². The minimum absolute atomic E-state index is 0.0299. The van der Waals surface area contributed by atoms with Crippen molar-refractivity contribution < 1.29 is 49.6 Å². The van der Waals surface area contributed by atoms with Gasteiger partial charge in [0.25, 0.3) is 0 Å². The summed E-state index contributed by atoms with van der Waals surface area (Å²) in [6.45, 7) is 8.08. The van der Waals surface area contributed by atoms with Crippen LogP contribution in [0.3, 0.4) is 0 Å². The number of ether oxygens (including phenoxy) is 3. The van der Waals surface area contributed by atoms with Crippen LogP contribution in [0.15, 0.2) is 11.6 Å². The molecule has 2 saturated heterocycles. The zero-order valence-electron chi connectivity index (χ0n) is 26.0. The molecule has 0 aromatic rings. The van der Waals surface area contributed by atoms with Crippen molar-refractivity contribution in [2.24, 2.45) is 46.3 Å². The van der Waals surface area contributed by atoms with Crippen LogP contribution in [0, 0.1) is 46.3 Å². The van der Waals surface area contributed by atoms with E-state index in [9.17, 15) is 35.4 Å². The zero-order chi connectivity index (χ0) is 31.1. The van der Waals surface area contributed by atoms with Crippen LogP contribution in [0.2, 0.25) is 0 Å². The molecule has 244 valence electrons. The smallest absolute Gasteiger partial charge is 0.186 e. The van der Waals surface area contributed by atoms with Gasteiger partial charge in [0, 0.05) is 30.1 Å². The average Bonchev–Trinajstić information content (AvgIpc) is 3.41. The van der Waals surface area contributed by atoms with E-state index in [-0.39, 0.29) is 47.9 Å². The Balaban J connectivity index is 1.09. The van der Waals surface area contributed by atoms with E-state index in [4.69, 9.17) is 14.2 Å². The fraction of sp³-hybridized carbons (Fsp3) is 0.909. The minimum Gasteiger partial charge on any atom is -0.394 e. The van der Waals surface area contributed by atoms with Gasteiger partial charge in [0.15, 0.2) is 12.1 Å². The van der Waals surface area contributed by atoms with Gasteiger partial charge in [0.1, 0.15) is 30.2 Å². The highest BCUT2D eigenvalue weighted by atomic mass is 16.7. The second-order valence-electron chi connectivity index (χ2n) is 15.3. The van der Waals surface area contributed by atoms with Crippen LogP contribution in [-0.2, 0) is 19.0 Å². The highest BCUT2D eigenvalue weighted by Crippen LogP contribution is 2.69. The Kier molecular flexibility index (Phi) is 8.47. The molecule has 3 saturated carbocycles. The Morgan fingerprint density at radius 2 is 1.84 bits per heavy atom. The second kappa shape index (κ2) is 11.4. The van der Waals surface area contributed by atoms with Crippen LogP contribution in [0.5, 0.6) is 0 Å². The molecule has 43 heavy (non-hydrogen) atoms. The monoisotopic (exact) mass is 608 g/mol. The van der Waals surface area contributed by atoms with E-state index in [1.165, 1.54) is 5.57 Å². The molecule has 10 heteroatoms. The Morgan fingerprint density at radius 1 is 1.09 bits per heavy atom. The summed E-state index contributed by atoms with van der Waals surface area (Å²) in [7, 11) is 0. The largest absolute Gasteiger partial charge is 0.394 e. The third-order valence-electron chi connectivity index (χ3n) is 13.0. The number of aliphatic hydroxyl groups excluding tert-OH is 5. The van der Waals surface area contributed by atoms with Gasteiger partial charge in [-0.2, -0.15) is 0 Å². The van der Waals surface area contributed by atoms with Crippen LogP contribution in [0.1, 0.15) is 79.1 Å². The van der Waals surface area contributed by atoms with Crippen molar-refractivity contribution in [3.63, 3.8) is 0 Å². The summed E-state index contributed by atoms with van der Waals surface area (Å²) in [5, 5.41) is 61.8. The standard InChI is InChI=1S/C33H52O10/c1-16(15-41-30-29(39)28(38)27(37)24(14-34)42-30)7-10-33(40)17(2)26-23(43-33)12-22-20-6-5-18-11-19(35)8-9-31(18,3)21(20)13-25(36)32(22,26)4/h5,16-17,19-24,26-30,34-35,37-40H,6-15H2,1-4H3/t16-,17-,19-,20+,21-,22-,23-,24+,26-,27+,28-,29+,30+,31-,32+,33+/m0/s1. The van der Waals surface area contributed by atoms with Crippen molar-refractivity contribution in [1.29, 1.82) is 0 Å². The Hall–Kier alpha value is -0.950. The first-order valence-corrected chi connectivity index (χ1v) is 16.5. The van der Waals surface area contributed by atoms with Gasteiger partial charge >= 0.3 is 0 Å². The maximum atomic E-state index is 14.1. The third-order valence-corrected chi connectivity index (χ3v) is 13.0. The van der Waals surface area contributed by atoms with Crippen molar-refractivity contribution in [2.45, 2.75) is 128 Å². The topological polar surface area (TPSA) is 166 Å². The van der Waals surface area contributed by atoms with E-state index >= 15 is 0 Å². The molecule has 0 amide bonds. The molecule has 6 rings (SSSR count). The maximum absolute atomic E-state index is 14.1. The van der Waals surface area contributed by atoms with Crippen LogP contribution in [0.25, 0.3) is 0 Å². The zero-order valence-corrected chi connectivity index (χ0v) is 26.0. The van der Waals surface area contributed by atoms with Gasteiger partial charge in [-0.1, -0.05) is 39.3 Å². The molecule has 0 unspecified atom stereocenters. The van der Waals surface area contributed by atoms with Crippen molar-refractivity contribution in [2.75, 3.05) is 13.2 Å². The van der Waals surface area contributed by atoms with Gasteiger partial charge in [-0.25, -0.2) is 0 Å². The first kappa shape index (κ1) is 32.0. The molecule has 0 radical (unpaired) electrons. The van der Waals surface area contributed by atoms with Crippen LogP contribution in [-0.4, -0.2) is 98.3 Å². The molecule has 0 bridgehead atoms. The van der Waals surface area contributed by atoms with Gasteiger partial charge in [-0.05, 0) is 67.6 Å². The van der Waals surface area contributed by atoms with E-state index < -0.39 is 48.5 Å². The number of rotatable bonds is 7. The molecule has 16 atom stereocenters. The molecule has 5 fully saturated rings. The molecular formula is C33H52O10. The number of carbonyl (C=O) groups is 1. The van der Waals surface area contributed by atoms with Crippen LogP contribution < -0.4 is 0 Å². The highest BCUT2D eigenvalue weighted by molar-refractivity contribution is 5.87. The summed E-state index contributed by atoms with van der Waals surface area (Å²) in [4.78, 5) is 14.1. The Morgan fingerprint density at radius 3 is 2.56 bits per heavy atom. The number of Topliss-reactive ketones (excluding diaryl/α,β-unsaturated/α-hetero) is 1. The predicted octanol–water partition coefficient (Wildman–Crippen LogP) is 1.67. The van der Waals surface area contributed by atoms with E-state index in [1.54, 1.807) is 0 Å². The Labute approximate surface area is 254 Å². The third kappa shape index (κ3) is 4.99. The van der Waals surface area contributed by atoms with E-state index in [0.29, 0.717) is 36.9 Å². The van der Waals surface area contributed by atoms with E-state index in [0.717, 1.165) is 32.1 Å². The molecule has 6 N–H and O–H groups in total. The summed E-state index contributed by atoms with van der Waals surface area (Å²) < 4.78 is 17.7. The maximum Gasteiger partial charge on any atom is 0.186 e. The molecule has 10 nitrogen and oxygen atoms in total. The molecule has 0 aromatic carbocycles. The van der Waals surface area contributed by atoms with Crippen LogP contribution >= 0.6 is 0 Å². The normalized spacial score (nSPS) is 53.4. The van der Waals surface area contributed by atoms with Gasteiger partial charge in [0.2, 0.25) is 0 Å². The lowest BCUT2D eigenvalue weighted by molar-refractivity contribution is -0.303. The summed E-state index contributed by atoms with van der Waals surface area (Å²) in [6.07, 6.45) is 0.958. The quantitative estimate of drug-likeness (QED) is 0.234. The number of carbonyl (C=O) groups excluding carboxylic acids is 1. The Bertz CT molecular complexity index is 1100. The first-order chi connectivity index (χ1) is 20.2. The van der Waals surface area contributed by atoms with E-state index in [1.807, 2.05) is 13.8 Å². The SMILES string of the molecule is C[C@@H](CC[C@@]1(O)O[C@H]2C[C@H]3[C@@H]4CC=C5C[C@@H](O)CC[C@]5(C)[C@H]4CC(=O)[C@]3(C)[C@H]2[C@@H]1C)CO[C@@H]1O[C@H](CO)[C@@H](O)[C@H](O)[C@H]1O. The lowest BCUT2D eigenvalue weighted by Gasteiger charge is -2.57. The fourth-order valence-corrected chi connectivity index (χ4v) is 10.3. The summed E-state index contributed by atoms with van der Waals surface area (Å²) >= 11 is 0. The number of allylic oxidation sites excluding steroid dienone is 1. The van der Waals surface area contributed by atoms with Gasteiger partial charge in [-0.3, -0.25) is 4.79 Å². The first-order valence-electron chi connectivity index (χ1n) is 16.5. The van der Waals surface area contributed by atoms with Gasteiger partial charge in [0.05, 0.1) is 25.4 Å². The summed E-state index contributed by atoms with van der Waals surface area (Å²) in [5.74, 6) is -0.461. The summed E-state index contributed by atoms with van der Waals surface area (Å²) in [6, 6.07) is 0.